The van der Waals surface area contributed by atoms with Crippen LogP contribution >= 0.6 is 12.4 Å². The molecule has 0 heterocycles. The van der Waals surface area contributed by atoms with Crippen molar-refractivity contribution in [3.8, 4) is 0 Å². The molecular weight excluding hydrogens is 236 g/mol. The highest BCUT2D eigenvalue weighted by Gasteiger charge is 1.93. The van der Waals surface area contributed by atoms with E-state index in [2.05, 4.69) is 5.32 Å². The fourth-order valence-corrected chi connectivity index (χ4v) is 1.28. The second-order valence-electron chi connectivity index (χ2n) is 3.53. The Morgan fingerprint density at radius 3 is 2.59 bits per heavy atom. The summed E-state index contributed by atoms with van der Waals surface area (Å²) in [7, 11) is 0. The number of amides is 1. The van der Waals surface area contributed by atoms with Crippen molar-refractivity contribution >= 4 is 24.4 Å². The van der Waals surface area contributed by atoms with Crippen LogP contribution in [0.15, 0.2) is 36.4 Å². The predicted molar refractivity (Wildman–Crippen MR) is 74.0 cm³/mol. The third-order valence-electron chi connectivity index (χ3n) is 2.16. The largest absolute Gasteiger partial charge is 0.353 e. The molecule has 1 amide bonds. The Morgan fingerprint density at radius 2 is 1.94 bits per heavy atom. The van der Waals surface area contributed by atoms with E-state index in [1.165, 1.54) is 0 Å². The van der Waals surface area contributed by atoms with Crippen molar-refractivity contribution < 1.29 is 4.79 Å². The van der Waals surface area contributed by atoms with Gasteiger partial charge in [0, 0.05) is 12.6 Å². The molecule has 3 N–H and O–H groups in total. The lowest BCUT2D eigenvalue weighted by Crippen LogP contribution is -2.22. The molecule has 0 spiro atoms. The van der Waals surface area contributed by atoms with Crippen molar-refractivity contribution in [2.75, 3.05) is 13.1 Å². The summed E-state index contributed by atoms with van der Waals surface area (Å²) < 4.78 is 0. The van der Waals surface area contributed by atoms with E-state index in [4.69, 9.17) is 5.73 Å². The molecule has 0 aliphatic rings. The van der Waals surface area contributed by atoms with E-state index < -0.39 is 0 Å². The van der Waals surface area contributed by atoms with Gasteiger partial charge in [-0.15, -0.1) is 12.4 Å². The lowest BCUT2D eigenvalue weighted by molar-refractivity contribution is -0.116. The normalized spacial score (nSPS) is 9.94. The molecular formula is C13H19ClN2O. The van der Waals surface area contributed by atoms with Gasteiger partial charge in [0.05, 0.1) is 0 Å². The summed E-state index contributed by atoms with van der Waals surface area (Å²) in [5, 5.41) is 2.81. The van der Waals surface area contributed by atoms with Gasteiger partial charge in [-0.05, 0) is 31.0 Å². The maximum absolute atomic E-state index is 11.4. The van der Waals surface area contributed by atoms with Crippen LogP contribution in [-0.4, -0.2) is 19.0 Å². The van der Waals surface area contributed by atoms with Gasteiger partial charge in [-0.3, -0.25) is 4.79 Å². The van der Waals surface area contributed by atoms with E-state index in [1.807, 2.05) is 30.3 Å². The Bertz CT molecular complexity index is 339. The number of halogens is 1. The van der Waals surface area contributed by atoms with E-state index >= 15 is 0 Å². The van der Waals surface area contributed by atoms with Gasteiger partial charge < -0.3 is 11.1 Å². The van der Waals surface area contributed by atoms with Gasteiger partial charge in [-0.1, -0.05) is 30.3 Å². The lowest BCUT2D eigenvalue weighted by Gasteiger charge is -2.00. The van der Waals surface area contributed by atoms with Crippen molar-refractivity contribution in [1.82, 2.24) is 5.32 Å². The van der Waals surface area contributed by atoms with Crippen LogP contribution < -0.4 is 11.1 Å². The van der Waals surface area contributed by atoms with Crippen molar-refractivity contribution in [3.63, 3.8) is 0 Å². The third kappa shape index (κ3) is 7.55. The highest BCUT2D eigenvalue weighted by atomic mass is 35.5. The SMILES string of the molecule is Cl.NCCCCNC(=O)C=Cc1ccccc1. The average Bonchev–Trinajstić information content (AvgIpc) is 2.33. The molecule has 3 nitrogen and oxygen atoms in total. The Balaban J connectivity index is 0.00000256. The first-order chi connectivity index (χ1) is 7.83. The molecule has 17 heavy (non-hydrogen) atoms. The molecule has 0 saturated heterocycles. The van der Waals surface area contributed by atoms with Crippen LogP contribution in [-0.2, 0) is 4.79 Å². The van der Waals surface area contributed by atoms with Gasteiger partial charge in [0.1, 0.15) is 0 Å². The maximum atomic E-state index is 11.4. The minimum atomic E-state index is -0.0547. The van der Waals surface area contributed by atoms with Crippen LogP contribution in [0.1, 0.15) is 18.4 Å². The van der Waals surface area contributed by atoms with E-state index in [9.17, 15) is 4.79 Å². The monoisotopic (exact) mass is 254 g/mol. The number of unbranched alkanes of at least 4 members (excludes halogenated alkanes) is 1. The van der Waals surface area contributed by atoms with Gasteiger partial charge in [-0.25, -0.2) is 0 Å². The summed E-state index contributed by atoms with van der Waals surface area (Å²) in [5.74, 6) is -0.0547. The summed E-state index contributed by atoms with van der Waals surface area (Å²) >= 11 is 0. The topological polar surface area (TPSA) is 55.1 Å². The summed E-state index contributed by atoms with van der Waals surface area (Å²) in [6, 6.07) is 9.75. The second kappa shape index (κ2) is 9.87. The molecule has 0 bridgehead atoms. The van der Waals surface area contributed by atoms with Crippen LogP contribution in [0.2, 0.25) is 0 Å². The molecule has 94 valence electrons. The number of nitrogens with one attached hydrogen (secondary N) is 1. The molecule has 0 aromatic heterocycles. The number of carbonyl (C=O) groups excluding carboxylic acids is 1. The van der Waals surface area contributed by atoms with Crippen LogP contribution in [0.5, 0.6) is 0 Å². The number of rotatable bonds is 6. The smallest absolute Gasteiger partial charge is 0.243 e. The van der Waals surface area contributed by atoms with Gasteiger partial charge in [0.15, 0.2) is 0 Å². The van der Waals surface area contributed by atoms with Crippen molar-refractivity contribution in [2.45, 2.75) is 12.8 Å². The van der Waals surface area contributed by atoms with Gasteiger partial charge in [-0.2, -0.15) is 0 Å². The number of carbonyl (C=O) groups is 1. The van der Waals surface area contributed by atoms with Crippen molar-refractivity contribution in [1.29, 1.82) is 0 Å². The number of benzene rings is 1. The molecule has 0 atom stereocenters. The quantitative estimate of drug-likeness (QED) is 0.603. The van der Waals surface area contributed by atoms with Crippen LogP contribution in [0, 0.1) is 0 Å². The number of nitrogens with two attached hydrogens (primary N) is 1. The molecule has 4 heteroatoms. The highest BCUT2D eigenvalue weighted by Crippen LogP contribution is 2.00. The van der Waals surface area contributed by atoms with E-state index in [1.54, 1.807) is 12.2 Å². The van der Waals surface area contributed by atoms with E-state index in [0.29, 0.717) is 13.1 Å². The zero-order valence-electron chi connectivity index (χ0n) is 9.76. The first kappa shape index (κ1) is 15.7. The van der Waals surface area contributed by atoms with Crippen molar-refractivity contribution in [2.24, 2.45) is 5.73 Å². The number of hydrogen-bond donors (Lipinski definition) is 2. The summed E-state index contributed by atoms with van der Waals surface area (Å²) in [4.78, 5) is 11.4. The zero-order chi connectivity index (χ0) is 11.6. The fourth-order valence-electron chi connectivity index (χ4n) is 1.28. The molecule has 0 saturated carbocycles. The second-order valence-corrected chi connectivity index (χ2v) is 3.53. The minimum Gasteiger partial charge on any atom is -0.353 e. The molecule has 0 aliphatic carbocycles. The molecule has 1 rings (SSSR count). The highest BCUT2D eigenvalue weighted by molar-refractivity contribution is 5.91. The fraction of sp³-hybridized carbons (Fsp3) is 0.308. The molecule has 1 aromatic rings. The Kier molecular flexibility index (Phi) is 9.11. The number of hydrogen-bond acceptors (Lipinski definition) is 2. The molecule has 0 fully saturated rings. The standard InChI is InChI=1S/C13H18N2O.ClH/c14-10-4-5-11-15-13(16)9-8-12-6-2-1-3-7-12;/h1-3,6-9H,4-5,10-11,14H2,(H,15,16);1H. The molecule has 0 unspecified atom stereocenters. The molecule has 1 aromatic carbocycles. The summed E-state index contributed by atoms with van der Waals surface area (Å²) in [6.07, 6.45) is 5.24. The molecule has 0 aliphatic heterocycles. The predicted octanol–water partition coefficient (Wildman–Crippen LogP) is 1.98. The first-order valence-corrected chi connectivity index (χ1v) is 5.54. The van der Waals surface area contributed by atoms with Crippen molar-refractivity contribution in [3.05, 3.63) is 42.0 Å². The van der Waals surface area contributed by atoms with Gasteiger partial charge in [0.25, 0.3) is 0 Å². The zero-order valence-corrected chi connectivity index (χ0v) is 10.6. The Labute approximate surface area is 109 Å². The van der Waals surface area contributed by atoms with Crippen LogP contribution in [0.25, 0.3) is 6.08 Å². The van der Waals surface area contributed by atoms with Crippen LogP contribution in [0.4, 0.5) is 0 Å². The first-order valence-electron chi connectivity index (χ1n) is 5.54. The lowest BCUT2D eigenvalue weighted by atomic mass is 10.2. The minimum absolute atomic E-state index is 0. The summed E-state index contributed by atoms with van der Waals surface area (Å²) in [5.41, 5.74) is 6.38. The Hall–Kier alpha value is -1.32. The molecule has 0 radical (unpaired) electrons. The van der Waals surface area contributed by atoms with Crippen LogP contribution in [0.3, 0.4) is 0 Å². The van der Waals surface area contributed by atoms with E-state index in [-0.39, 0.29) is 18.3 Å². The van der Waals surface area contributed by atoms with Gasteiger partial charge >= 0.3 is 0 Å². The maximum Gasteiger partial charge on any atom is 0.243 e. The Morgan fingerprint density at radius 1 is 1.24 bits per heavy atom. The average molecular weight is 255 g/mol. The van der Waals surface area contributed by atoms with Gasteiger partial charge in [0.2, 0.25) is 5.91 Å². The van der Waals surface area contributed by atoms with E-state index in [0.717, 1.165) is 18.4 Å². The third-order valence-corrected chi connectivity index (χ3v) is 2.16. The summed E-state index contributed by atoms with van der Waals surface area (Å²) in [6.45, 7) is 1.37.